The number of aliphatic carboxylic acids is 1. The molecule has 0 aromatic carbocycles. The molecule has 114 valence electrons. The highest BCUT2D eigenvalue weighted by Crippen LogP contribution is 2.24. The number of carbonyl (C=O) groups excluding carboxylic acids is 1. The summed E-state index contributed by atoms with van der Waals surface area (Å²) >= 11 is 0. The van der Waals surface area contributed by atoms with Crippen LogP contribution in [0.4, 0.5) is 4.79 Å². The van der Waals surface area contributed by atoms with E-state index in [-0.39, 0.29) is 31.1 Å². The molecule has 2 amide bonds. The Kier molecular flexibility index (Phi) is 4.49. The second-order valence-electron chi connectivity index (χ2n) is 5.66. The van der Waals surface area contributed by atoms with E-state index in [9.17, 15) is 19.8 Å². The van der Waals surface area contributed by atoms with Crippen LogP contribution in [0.15, 0.2) is 0 Å². The van der Waals surface area contributed by atoms with E-state index in [4.69, 9.17) is 4.74 Å². The standard InChI is InChI=1S/C13H22N2O5/c1-8-3-4-14(7-11(8)16)13(19)15-6-9(20-2)5-10(15)12(17)18/h8-11,16H,3-7H2,1-2H3,(H,17,18). The highest BCUT2D eigenvalue weighted by Gasteiger charge is 2.42. The van der Waals surface area contributed by atoms with E-state index in [0.29, 0.717) is 13.0 Å². The summed E-state index contributed by atoms with van der Waals surface area (Å²) in [5.41, 5.74) is 0. The molecule has 0 saturated carbocycles. The van der Waals surface area contributed by atoms with Gasteiger partial charge in [-0.2, -0.15) is 0 Å². The van der Waals surface area contributed by atoms with Gasteiger partial charge in [0.25, 0.3) is 0 Å². The van der Waals surface area contributed by atoms with Gasteiger partial charge in [0.05, 0.1) is 12.2 Å². The third-order valence-electron chi connectivity index (χ3n) is 4.32. The predicted molar refractivity (Wildman–Crippen MR) is 70.3 cm³/mol. The van der Waals surface area contributed by atoms with Gasteiger partial charge in [0.2, 0.25) is 0 Å². The molecule has 2 aliphatic rings. The zero-order valence-corrected chi connectivity index (χ0v) is 11.9. The van der Waals surface area contributed by atoms with E-state index in [1.54, 1.807) is 4.90 Å². The van der Waals surface area contributed by atoms with E-state index in [2.05, 4.69) is 0 Å². The minimum atomic E-state index is -1.01. The summed E-state index contributed by atoms with van der Waals surface area (Å²) in [6.45, 7) is 3.05. The Hall–Kier alpha value is -1.34. The lowest BCUT2D eigenvalue weighted by Gasteiger charge is -2.37. The quantitative estimate of drug-likeness (QED) is 0.744. The van der Waals surface area contributed by atoms with Crippen LogP contribution in [-0.2, 0) is 9.53 Å². The molecule has 2 saturated heterocycles. The van der Waals surface area contributed by atoms with Gasteiger partial charge in [0.1, 0.15) is 6.04 Å². The summed E-state index contributed by atoms with van der Waals surface area (Å²) in [4.78, 5) is 26.6. The van der Waals surface area contributed by atoms with Gasteiger partial charge in [-0.15, -0.1) is 0 Å². The van der Waals surface area contributed by atoms with Crippen LogP contribution in [0.3, 0.4) is 0 Å². The first-order valence-electron chi connectivity index (χ1n) is 6.93. The molecule has 0 bridgehead atoms. The molecular weight excluding hydrogens is 264 g/mol. The average Bonchev–Trinajstić information content (AvgIpc) is 2.85. The first-order valence-corrected chi connectivity index (χ1v) is 6.93. The molecule has 0 spiro atoms. The number of urea groups is 1. The van der Waals surface area contributed by atoms with Crippen molar-refractivity contribution in [2.75, 3.05) is 26.7 Å². The number of aliphatic hydroxyl groups excluding tert-OH is 1. The molecule has 4 unspecified atom stereocenters. The Morgan fingerprint density at radius 3 is 2.55 bits per heavy atom. The van der Waals surface area contributed by atoms with E-state index >= 15 is 0 Å². The van der Waals surface area contributed by atoms with Crippen LogP contribution < -0.4 is 0 Å². The van der Waals surface area contributed by atoms with Crippen molar-refractivity contribution in [3.63, 3.8) is 0 Å². The van der Waals surface area contributed by atoms with Gasteiger partial charge in [-0.25, -0.2) is 9.59 Å². The zero-order chi connectivity index (χ0) is 14.9. The van der Waals surface area contributed by atoms with Crippen LogP contribution in [0.5, 0.6) is 0 Å². The Morgan fingerprint density at radius 1 is 1.30 bits per heavy atom. The largest absolute Gasteiger partial charge is 0.480 e. The second-order valence-corrected chi connectivity index (χ2v) is 5.66. The molecule has 2 heterocycles. The first-order chi connectivity index (χ1) is 9.43. The maximum Gasteiger partial charge on any atom is 0.326 e. The fourth-order valence-corrected chi connectivity index (χ4v) is 2.82. The Bertz CT molecular complexity index is 389. The molecule has 2 fully saturated rings. The number of carboxylic acids is 1. The van der Waals surface area contributed by atoms with Crippen molar-refractivity contribution in [3.8, 4) is 0 Å². The number of hydrogen-bond donors (Lipinski definition) is 2. The number of nitrogens with zero attached hydrogens (tertiary/aromatic N) is 2. The summed E-state index contributed by atoms with van der Waals surface area (Å²) in [5, 5.41) is 19.1. The van der Waals surface area contributed by atoms with E-state index in [1.807, 2.05) is 6.92 Å². The van der Waals surface area contributed by atoms with Crippen LogP contribution in [0, 0.1) is 5.92 Å². The number of rotatable bonds is 2. The predicted octanol–water partition coefficient (Wildman–Crippen LogP) is -0.0170. The van der Waals surface area contributed by atoms with E-state index < -0.39 is 18.1 Å². The highest BCUT2D eigenvalue weighted by atomic mass is 16.5. The average molecular weight is 286 g/mol. The number of β-amino-alcohol motifs (C(OH)–C–C–N with tert-alkyl or cyclic N) is 1. The van der Waals surface area contributed by atoms with Crippen molar-refractivity contribution in [1.82, 2.24) is 9.80 Å². The van der Waals surface area contributed by atoms with Crippen LogP contribution in [-0.4, -0.2) is 77.0 Å². The number of methoxy groups -OCH3 is 1. The molecule has 0 aliphatic carbocycles. The maximum atomic E-state index is 12.5. The summed E-state index contributed by atoms with van der Waals surface area (Å²) < 4.78 is 5.17. The zero-order valence-electron chi connectivity index (χ0n) is 11.9. The molecule has 0 radical (unpaired) electrons. The summed E-state index contributed by atoms with van der Waals surface area (Å²) in [5.74, 6) is -0.844. The van der Waals surface area contributed by atoms with Crippen LogP contribution in [0.1, 0.15) is 19.8 Å². The topological polar surface area (TPSA) is 90.3 Å². The SMILES string of the molecule is COC1CC(C(=O)O)N(C(=O)N2CCC(C)C(O)C2)C1. The third-order valence-corrected chi connectivity index (χ3v) is 4.32. The van der Waals surface area contributed by atoms with Crippen molar-refractivity contribution in [2.45, 2.75) is 38.0 Å². The molecule has 2 N–H and O–H groups in total. The Morgan fingerprint density at radius 2 is 2.00 bits per heavy atom. The number of piperidine rings is 1. The van der Waals surface area contributed by atoms with Gasteiger partial charge in [-0.1, -0.05) is 6.92 Å². The minimum Gasteiger partial charge on any atom is -0.480 e. The normalized spacial score (nSPS) is 34.4. The van der Waals surface area contributed by atoms with Gasteiger partial charge in [-0.3, -0.25) is 0 Å². The number of aliphatic hydroxyl groups is 1. The van der Waals surface area contributed by atoms with Gasteiger partial charge in [0, 0.05) is 33.2 Å². The van der Waals surface area contributed by atoms with Crippen molar-refractivity contribution in [2.24, 2.45) is 5.92 Å². The number of ether oxygens (including phenoxy) is 1. The lowest BCUT2D eigenvalue weighted by molar-refractivity contribution is -0.141. The fourth-order valence-electron chi connectivity index (χ4n) is 2.82. The lowest BCUT2D eigenvalue weighted by atomic mass is 9.96. The highest BCUT2D eigenvalue weighted by molar-refractivity contribution is 5.83. The molecule has 20 heavy (non-hydrogen) atoms. The number of amides is 2. The van der Waals surface area contributed by atoms with Crippen molar-refractivity contribution >= 4 is 12.0 Å². The van der Waals surface area contributed by atoms with Gasteiger partial charge >= 0.3 is 12.0 Å². The number of hydrogen-bond acceptors (Lipinski definition) is 4. The smallest absolute Gasteiger partial charge is 0.326 e. The van der Waals surface area contributed by atoms with Gasteiger partial charge < -0.3 is 24.7 Å². The van der Waals surface area contributed by atoms with Crippen molar-refractivity contribution < 1.29 is 24.5 Å². The molecule has 0 aromatic heterocycles. The van der Waals surface area contributed by atoms with Crippen LogP contribution in [0.25, 0.3) is 0 Å². The number of carbonyl (C=O) groups is 2. The minimum absolute atomic E-state index is 0.166. The molecule has 4 atom stereocenters. The Balaban J connectivity index is 2.05. The van der Waals surface area contributed by atoms with Crippen LogP contribution >= 0.6 is 0 Å². The molecular formula is C13H22N2O5. The molecule has 2 rings (SSSR count). The molecule has 7 heteroatoms. The second kappa shape index (κ2) is 5.97. The summed E-state index contributed by atoms with van der Waals surface area (Å²) in [7, 11) is 1.52. The molecule has 0 aromatic rings. The first kappa shape index (κ1) is 15.1. The molecule has 2 aliphatic heterocycles. The lowest BCUT2D eigenvalue weighted by Crippen LogP contribution is -2.53. The third kappa shape index (κ3) is 2.88. The molecule has 7 nitrogen and oxygen atoms in total. The number of likely N-dealkylation sites (tertiary alicyclic amines) is 2. The maximum absolute atomic E-state index is 12.5. The van der Waals surface area contributed by atoms with E-state index in [0.717, 1.165) is 6.42 Å². The van der Waals surface area contributed by atoms with Gasteiger partial charge in [0.15, 0.2) is 0 Å². The fraction of sp³-hybridized carbons (Fsp3) is 0.846. The van der Waals surface area contributed by atoms with Crippen LogP contribution in [0.2, 0.25) is 0 Å². The summed E-state index contributed by atoms with van der Waals surface area (Å²) in [6.07, 6.45) is 0.252. The monoisotopic (exact) mass is 286 g/mol. The van der Waals surface area contributed by atoms with Gasteiger partial charge in [-0.05, 0) is 12.3 Å². The van der Waals surface area contributed by atoms with Crippen molar-refractivity contribution in [1.29, 1.82) is 0 Å². The summed E-state index contributed by atoms with van der Waals surface area (Å²) in [6, 6.07) is -1.16. The Labute approximate surface area is 118 Å². The van der Waals surface area contributed by atoms with E-state index in [1.165, 1.54) is 12.0 Å². The van der Waals surface area contributed by atoms with Crippen molar-refractivity contribution in [3.05, 3.63) is 0 Å². The number of carboxylic acid groups (broad SMARTS) is 1.